The fraction of sp³-hybridized carbons (Fsp3) is 0.474. The number of anilines is 1. The number of ketones is 1. The lowest BCUT2D eigenvalue weighted by molar-refractivity contribution is -0.142. The highest BCUT2D eigenvalue weighted by atomic mass is 16.6. The van der Waals surface area contributed by atoms with Gasteiger partial charge >= 0.3 is 0 Å². The van der Waals surface area contributed by atoms with Crippen molar-refractivity contribution in [3.8, 4) is 0 Å². The van der Waals surface area contributed by atoms with Crippen molar-refractivity contribution in [2.45, 2.75) is 95.6 Å². The van der Waals surface area contributed by atoms with Crippen LogP contribution in [0.5, 0.6) is 0 Å². The van der Waals surface area contributed by atoms with Crippen molar-refractivity contribution in [1.29, 1.82) is 0 Å². The highest BCUT2D eigenvalue weighted by molar-refractivity contribution is 6.00. The summed E-state index contributed by atoms with van der Waals surface area (Å²) in [4.78, 5) is 74.4. The molecule has 2 saturated heterocycles. The Bertz CT molecular complexity index is 1720. The van der Waals surface area contributed by atoms with E-state index in [9.17, 15) is 24.0 Å². The summed E-state index contributed by atoms with van der Waals surface area (Å²) in [5, 5.41) is 8.66. The number of hydrogen-bond donors (Lipinski definition) is 4. The van der Waals surface area contributed by atoms with Crippen LogP contribution in [0.25, 0.3) is 0 Å². The smallest absolute Gasteiger partial charge is 0.270 e. The van der Waals surface area contributed by atoms with E-state index in [0.717, 1.165) is 11.1 Å². The summed E-state index contributed by atoms with van der Waals surface area (Å²) in [5.74, 6) is -1.83. The van der Waals surface area contributed by atoms with Gasteiger partial charge in [0.1, 0.15) is 29.4 Å². The first-order valence-electron chi connectivity index (χ1n) is 17.5. The molecule has 13 heteroatoms. The highest BCUT2D eigenvalue weighted by Crippen LogP contribution is 2.30. The zero-order valence-corrected chi connectivity index (χ0v) is 29.9. The van der Waals surface area contributed by atoms with Crippen LogP contribution >= 0.6 is 0 Å². The molecule has 2 aromatic carbocycles. The molecular weight excluding hydrogens is 650 g/mol. The number of rotatable bonds is 16. The third kappa shape index (κ3) is 9.01. The zero-order chi connectivity index (χ0) is 36.9. The van der Waals surface area contributed by atoms with Gasteiger partial charge in [-0.25, -0.2) is 4.98 Å². The van der Waals surface area contributed by atoms with Crippen LogP contribution in [0.1, 0.15) is 68.6 Å². The van der Waals surface area contributed by atoms with Crippen LogP contribution in [-0.4, -0.2) is 86.3 Å². The maximum atomic E-state index is 14.2. The quantitative estimate of drug-likeness (QED) is 0.165. The summed E-state index contributed by atoms with van der Waals surface area (Å²) in [6.07, 6.45) is 2.98. The number of nitrogens with zero attached hydrogens (tertiary/aromatic N) is 3. The van der Waals surface area contributed by atoms with E-state index in [-0.39, 0.29) is 42.6 Å². The Hall–Kier alpha value is -5.04. The number of aromatic nitrogens is 2. The van der Waals surface area contributed by atoms with E-state index in [1.165, 1.54) is 15.7 Å². The lowest BCUT2D eigenvalue weighted by Crippen LogP contribution is -2.57. The van der Waals surface area contributed by atoms with E-state index >= 15 is 0 Å². The van der Waals surface area contributed by atoms with Gasteiger partial charge in [0, 0.05) is 19.5 Å². The SMILES string of the molecule is CC(C)CC(NC(=O)C(Cc1ccccc1)N1C(=O)C(NC(=O)C(CCc2ccccc2)NC(=O)c2cnc(N)n2C)CC1C)C(=O)C1(C)CO1. The maximum Gasteiger partial charge on any atom is 0.270 e. The van der Waals surface area contributed by atoms with E-state index in [1.54, 1.807) is 14.0 Å². The van der Waals surface area contributed by atoms with Gasteiger partial charge in [0.15, 0.2) is 11.7 Å². The van der Waals surface area contributed by atoms with Crippen LogP contribution in [-0.2, 0) is 43.8 Å². The standard InChI is InChI=1S/C38H49N7O6/c1-23(2)18-28(32(46)38(4)22-51-38)42-34(48)30(20-26-14-10-7-11-15-26)45-24(3)19-29(36(45)50)43-33(47)27(17-16-25-12-8-6-9-13-25)41-35(49)31-21-40-37(39)44(31)5/h6-15,21,23-24,27-30H,16-20,22H2,1-5H3,(H2,39,40)(H,41,49)(H,42,48)(H,43,47). The molecule has 2 fully saturated rings. The van der Waals surface area contributed by atoms with Gasteiger partial charge in [-0.2, -0.15) is 0 Å². The van der Waals surface area contributed by atoms with Crippen LogP contribution in [0.3, 0.4) is 0 Å². The number of benzene rings is 2. The average Bonchev–Trinajstić information content (AvgIpc) is 3.69. The number of ether oxygens (including phenoxy) is 1. The van der Waals surface area contributed by atoms with Gasteiger partial charge in [-0.05, 0) is 56.6 Å². The second-order valence-electron chi connectivity index (χ2n) is 14.3. The Morgan fingerprint density at radius 1 is 0.980 bits per heavy atom. The van der Waals surface area contributed by atoms with Crippen molar-refractivity contribution in [2.75, 3.05) is 12.3 Å². The van der Waals surface area contributed by atoms with E-state index < -0.39 is 59.4 Å². The molecule has 5 N–H and O–H groups in total. The minimum Gasteiger partial charge on any atom is -0.369 e. The number of nitrogens with two attached hydrogens (primary N) is 1. The maximum absolute atomic E-state index is 14.2. The number of likely N-dealkylation sites (tertiary alicyclic amines) is 1. The first-order valence-corrected chi connectivity index (χ1v) is 17.5. The number of carbonyl (C=O) groups excluding carboxylic acids is 5. The molecule has 6 unspecified atom stereocenters. The molecule has 1 aromatic heterocycles. The van der Waals surface area contributed by atoms with Gasteiger partial charge in [0.05, 0.1) is 18.8 Å². The second kappa shape index (κ2) is 15.9. The number of nitrogens with one attached hydrogen (secondary N) is 3. The third-order valence-electron chi connectivity index (χ3n) is 9.71. The van der Waals surface area contributed by atoms with Crippen molar-refractivity contribution in [3.05, 3.63) is 83.7 Å². The van der Waals surface area contributed by atoms with Gasteiger partial charge in [0.2, 0.25) is 17.7 Å². The number of nitrogen functional groups attached to an aromatic ring is 1. The van der Waals surface area contributed by atoms with Crippen LogP contribution < -0.4 is 21.7 Å². The summed E-state index contributed by atoms with van der Waals surface area (Å²) in [5.41, 5.74) is 6.92. The summed E-state index contributed by atoms with van der Waals surface area (Å²) < 4.78 is 6.85. The molecule has 6 atom stereocenters. The highest BCUT2D eigenvalue weighted by Gasteiger charge is 2.51. The Balaban J connectivity index is 1.35. The number of hydrogen-bond acceptors (Lipinski definition) is 8. The first-order chi connectivity index (χ1) is 24.3. The molecule has 5 rings (SSSR count). The summed E-state index contributed by atoms with van der Waals surface area (Å²) >= 11 is 0. The number of amides is 4. The first kappa shape index (κ1) is 37.2. The van der Waals surface area contributed by atoms with Crippen molar-refractivity contribution >= 4 is 35.4 Å². The van der Waals surface area contributed by atoms with Gasteiger partial charge in [-0.1, -0.05) is 74.5 Å². The molecule has 3 aromatic rings. The summed E-state index contributed by atoms with van der Waals surface area (Å²) in [6, 6.07) is 14.9. The van der Waals surface area contributed by atoms with Crippen molar-refractivity contribution < 1.29 is 28.7 Å². The van der Waals surface area contributed by atoms with Gasteiger partial charge < -0.3 is 35.9 Å². The fourth-order valence-electron chi connectivity index (χ4n) is 6.64. The predicted molar refractivity (Wildman–Crippen MR) is 191 cm³/mol. The number of Topliss-reactive ketones (excluding diaryl/α,β-unsaturated/α-hetero) is 1. The largest absolute Gasteiger partial charge is 0.369 e. The summed E-state index contributed by atoms with van der Waals surface area (Å²) in [7, 11) is 1.60. The molecular formula is C38H49N7O6. The Morgan fingerprint density at radius 3 is 2.18 bits per heavy atom. The lowest BCUT2D eigenvalue weighted by Gasteiger charge is -2.33. The molecule has 13 nitrogen and oxygen atoms in total. The zero-order valence-electron chi connectivity index (χ0n) is 29.9. The molecule has 2 aliphatic heterocycles. The molecule has 4 amide bonds. The van der Waals surface area contributed by atoms with Crippen LogP contribution in [0, 0.1) is 5.92 Å². The fourth-order valence-corrected chi connectivity index (χ4v) is 6.64. The number of carbonyl (C=O) groups is 5. The Morgan fingerprint density at radius 2 is 1.61 bits per heavy atom. The van der Waals surface area contributed by atoms with E-state index in [4.69, 9.17) is 10.5 Å². The molecule has 2 aliphatic rings. The van der Waals surface area contributed by atoms with E-state index in [1.807, 2.05) is 81.4 Å². The van der Waals surface area contributed by atoms with Crippen molar-refractivity contribution in [2.24, 2.45) is 13.0 Å². The Labute approximate surface area is 298 Å². The minimum atomic E-state index is -0.983. The minimum absolute atomic E-state index is 0.117. The summed E-state index contributed by atoms with van der Waals surface area (Å²) in [6.45, 7) is 7.82. The van der Waals surface area contributed by atoms with Crippen LogP contribution in [0.4, 0.5) is 5.95 Å². The normalized spacial score (nSPS) is 21.5. The van der Waals surface area contributed by atoms with Crippen molar-refractivity contribution in [1.82, 2.24) is 30.4 Å². The molecule has 0 radical (unpaired) electrons. The van der Waals surface area contributed by atoms with Gasteiger partial charge in [-0.3, -0.25) is 24.0 Å². The Kier molecular flexibility index (Phi) is 11.6. The number of epoxide rings is 1. The van der Waals surface area contributed by atoms with E-state index in [0.29, 0.717) is 19.4 Å². The number of imidazole rings is 1. The molecule has 0 bridgehead atoms. The monoisotopic (exact) mass is 699 g/mol. The van der Waals surface area contributed by atoms with Gasteiger partial charge in [-0.15, -0.1) is 0 Å². The lowest BCUT2D eigenvalue weighted by atomic mass is 9.92. The second-order valence-corrected chi connectivity index (χ2v) is 14.3. The topological polar surface area (TPSA) is 181 Å². The molecule has 3 heterocycles. The molecule has 0 aliphatic carbocycles. The van der Waals surface area contributed by atoms with Gasteiger partial charge in [0.25, 0.3) is 5.91 Å². The van der Waals surface area contributed by atoms with Crippen LogP contribution in [0.2, 0.25) is 0 Å². The molecule has 0 saturated carbocycles. The predicted octanol–water partition coefficient (Wildman–Crippen LogP) is 2.34. The molecule has 272 valence electrons. The van der Waals surface area contributed by atoms with Crippen LogP contribution in [0.15, 0.2) is 66.9 Å². The molecule has 51 heavy (non-hydrogen) atoms. The number of aryl methyl sites for hydroxylation is 1. The molecule has 0 spiro atoms. The third-order valence-corrected chi connectivity index (χ3v) is 9.71. The average molecular weight is 700 g/mol. The van der Waals surface area contributed by atoms with Crippen molar-refractivity contribution in [3.63, 3.8) is 0 Å². The van der Waals surface area contributed by atoms with E-state index in [2.05, 4.69) is 20.9 Å².